The first kappa shape index (κ1) is 19.5. The first-order valence-electron chi connectivity index (χ1n) is 9.87. The van der Waals surface area contributed by atoms with Gasteiger partial charge in [-0.3, -0.25) is 4.79 Å². The minimum absolute atomic E-state index is 0.133. The van der Waals surface area contributed by atoms with E-state index in [9.17, 15) is 9.59 Å². The third kappa shape index (κ3) is 5.15. The minimum Gasteiger partial charge on any atom is -0.497 e. The van der Waals surface area contributed by atoms with Crippen LogP contribution in [0.4, 0.5) is 4.79 Å². The van der Waals surface area contributed by atoms with Crippen LogP contribution in [-0.2, 0) is 10.2 Å². The van der Waals surface area contributed by atoms with Crippen molar-refractivity contribution in [2.75, 3.05) is 26.7 Å². The summed E-state index contributed by atoms with van der Waals surface area (Å²) in [6.45, 7) is 6.23. The van der Waals surface area contributed by atoms with Gasteiger partial charge in [0.1, 0.15) is 5.75 Å². The molecule has 1 saturated heterocycles. The highest BCUT2D eigenvalue weighted by Gasteiger charge is 2.35. The van der Waals surface area contributed by atoms with E-state index >= 15 is 0 Å². The van der Waals surface area contributed by atoms with Crippen LogP contribution >= 0.6 is 0 Å². The third-order valence-electron chi connectivity index (χ3n) is 5.61. The van der Waals surface area contributed by atoms with Crippen LogP contribution in [0.5, 0.6) is 5.75 Å². The molecule has 1 aromatic rings. The molecule has 3 rings (SSSR count). The average molecular weight is 373 g/mol. The molecule has 2 fully saturated rings. The van der Waals surface area contributed by atoms with E-state index in [2.05, 4.69) is 30.5 Å². The predicted molar refractivity (Wildman–Crippen MR) is 105 cm³/mol. The monoisotopic (exact) mass is 373 g/mol. The van der Waals surface area contributed by atoms with Gasteiger partial charge in [-0.2, -0.15) is 0 Å². The number of benzene rings is 1. The van der Waals surface area contributed by atoms with Crippen molar-refractivity contribution in [2.24, 2.45) is 5.92 Å². The second-order valence-corrected chi connectivity index (χ2v) is 8.32. The average Bonchev–Trinajstić information content (AvgIpc) is 3.52. The van der Waals surface area contributed by atoms with Crippen LogP contribution in [0.1, 0.15) is 45.1 Å². The van der Waals surface area contributed by atoms with Crippen molar-refractivity contribution in [1.82, 2.24) is 15.5 Å². The van der Waals surface area contributed by atoms with E-state index < -0.39 is 0 Å². The lowest BCUT2D eigenvalue weighted by atomic mass is 9.84. The van der Waals surface area contributed by atoms with E-state index in [1.54, 1.807) is 7.11 Å². The molecule has 0 spiro atoms. The quantitative estimate of drug-likeness (QED) is 0.805. The van der Waals surface area contributed by atoms with Gasteiger partial charge in [-0.1, -0.05) is 26.0 Å². The number of carbonyl (C=O) groups is 2. The van der Waals surface area contributed by atoms with Gasteiger partial charge < -0.3 is 20.3 Å². The lowest BCUT2D eigenvalue weighted by molar-refractivity contribution is -0.133. The number of ether oxygens (including phenoxy) is 1. The van der Waals surface area contributed by atoms with Crippen LogP contribution < -0.4 is 15.4 Å². The third-order valence-corrected chi connectivity index (χ3v) is 5.61. The topological polar surface area (TPSA) is 70.7 Å². The van der Waals surface area contributed by atoms with Gasteiger partial charge in [-0.05, 0) is 43.4 Å². The first-order chi connectivity index (χ1) is 12.9. The SMILES string of the molecule is COc1cccc(C(C)(C)CNC(=O)NC2CCN(C(=O)C3CC3)CC2)c1. The molecule has 0 bridgehead atoms. The number of nitrogens with one attached hydrogen (secondary N) is 2. The Morgan fingerprint density at radius 2 is 1.89 bits per heavy atom. The summed E-state index contributed by atoms with van der Waals surface area (Å²) in [5, 5.41) is 6.05. The molecule has 0 radical (unpaired) electrons. The molecule has 1 saturated carbocycles. The Balaban J connectivity index is 1.43. The number of carbonyl (C=O) groups excluding carboxylic acids is 2. The summed E-state index contributed by atoms with van der Waals surface area (Å²) < 4.78 is 5.29. The van der Waals surface area contributed by atoms with Crippen LogP contribution in [0, 0.1) is 5.92 Å². The molecule has 1 heterocycles. The molecule has 0 unspecified atom stereocenters. The van der Waals surface area contributed by atoms with Gasteiger partial charge in [0.25, 0.3) is 0 Å². The summed E-state index contributed by atoms with van der Waals surface area (Å²) in [7, 11) is 1.65. The van der Waals surface area contributed by atoms with Crippen molar-refractivity contribution < 1.29 is 14.3 Å². The Bertz CT molecular complexity index is 677. The van der Waals surface area contributed by atoms with Gasteiger partial charge in [0.15, 0.2) is 0 Å². The van der Waals surface area contributed by atoms with E-state index in [-0.39, 0.29) is 23.4 Å². The summed E-state index contributed by atoms with van der Waals surface area (Å²) >= 11 is 0. The number of piperidine rings is 1. The maximum atomic E-state index is 12.3. The van der Waals surface area contributed by atoms with Crippen molar-refractivity contribution in [1.29, 1.82) is 0 Å². The fraction of sp³-hybridized carbons (Fsp3) is 0.619. The standard InChI is InChI=1S/C21H31N3O3/c1-21(2,16-5-4-6-18(13-16)27-3)14-22-20(26)23-17-9-11-24(12-10-17)19(25)15-7-8-15/h4-6,13,15,17H,7-12,14H2,1-3H3,(H2,22,23,26). The number of rotatable bonds is 6. The normalized spacial score (nSPS) is 18.1. The molecule has 2 N–H and O–H groups in total. The van der Waals surface area contributed by atoms with Crippen molar-refractivity contribution in [2.45, 2.75) is 51.0 Å². The van der Waals surface area contributed by atoms with Crippen LogP contribution in [0.25, 0.3) is 0 Å². The van der Waals surface area contributed by atoms with Crippen molar-refractivity contribution in [3.63, 3.8) is 0 Å². The minimum atomic E-state index is -0.202. The number of likely N-dealkylation sites (tertiary alicyclic amines) is 1. The van der Waals surface area contributed by atoms with E-state index in [1.807, 2.05) is 23.1 Å². The smallest absolute Gasteiger partial charge is 0.315 e. The van der Waals surface area contributed by atoms with Gasteiger partial charge in [-0.25, -0.2) is 4.79 Å². The number of hydrogen-bond acceptors (Lipinski definition) is 3. The first-order valence-corrected chi connectivity index (χ1v) is 9.87. The van der Waals surface area contributed by atoms with E-state index in [1.165, 1.54) is 0 Å². The number of amides is 3. The largest absolute Gasteiger partial charge is 0.497 e. The molecule has 3 amide bonds. The fourth-order valence-corrected chi connectivity index (χ4v) is 3.52. The highest BCUT2D eigenvalue weighted by Crippen LogP contribution is 2.32. The molecular formula is C21H31N3O3. The Hall–Kier alpha value is -2.24. The summed E-state index contributed by atoms with van der Waals surface area (Å²) in [5.74, 6) is 1.40. The van der Waals surface area contributed by atoms with Crippen molar-refractivity contribution in [3.05, 3.63) is 29.8 Å². The van der Waals surface area contributed by atoms with Gasteiger partial charge in [0.2, 0.25) is 5.91 Å². The van der Waals surface area contributed by atoms with Crippen molar-refractivity contribution >= 4 is 11.9 Å². The van der Waals surface area contributed by atoms with E-state index in [0.717, 1.165) is 50.1 Å². The lowest BCUT2D eigenvalue weighted by Crippen LogP contribution is -2.50. The predicted octanol–water partition coefficient (Wildman–Crippen LogP) is 2.67. The summed E-state index contributed by atoms with van der Waals surface area (Å²) in [4.78, 5) is 26.4. The van der Waals surface area contributed by atoms with Gasteiger partial charge in [0, 0.05) is 37.0 Å². The number of hydrogen-bond donors (Lipinski definition) is 2. The molecule has 2 aliphatic rings. The zero-order valence-electron chi connectivity index (χ0n) is 16.6. The Kier molecular flexibility index (Phi) is 5.92. The Morgan fingerprint density at radius 1 is 1.19 bits per heavy atom. The number of urea groups is 1. The van der Waals surface area contributed by atoms with E-state index in [0.29, 0.717) is 12.5 Å². The van der Waals surface area contributed by atoms with Crippen LogP contribution in [0.2, 0.25) is 0 Å². The van der Waals surface area contributed by atoms with Gasteiger partial charge >= 0.3 is 6.03 Å². The highest BCUT2D eigenvalue weighted by atomic mass is 16.5. The maximum absolute atomic E-state index is 12.3. The molecule has 27 heavy (non-hydrogen) atoms. The second kappa shape index (κ2) is 8.19. The molecule has 1 aliphatic heterocycles. The molecule has 148 valence electrons. The van der Waals surface area contributed by atoms with Crippen LogP contribution in [-0.4, -0.2) is 49.6 Å². The summed E-state index contributed by atoms with van der Waals surface area (Å²) in [6, 6.07) is 7.93. The number of methoxy groups -OCH3 is 1. The Morgan fingerprint density at radius 3 is 2.52 bits per heavy atom. The fourth-order valence-electron chi connectivity index (χ4n) is 3.52. The van der Waals surface area contributed by atoms with E-state index in [4.69, 9.17) is 4.74 Å². The van der Waals surface area contributed by atoms with Gasteiger partial charge in [-0.15, -0.1) is 0 Å². The molecule has 0 atom stereocenters. The zero-order chi connectivity index (χ0) is 19.4. The van der Waals surface area contributed by atoms with Gasteiger partial charge in [0.05, 0.1) is 7.11 Å². The van der Waals surface area contributed by atoms with Crippen molar-refractivity contribution in [3.8, 4) is 5.75 Å². The summed E-state index contributed by atoms with van der Waals surface area (Å²) in [6.07, 6.45) is 3.74. The number of nitrogens with zero attached hydrogens (tertiary/aromatic N) is 1. The van der Waals surface area contributed by atoms with Crippen LogP contribution in [0.3, 0.4) is 0 Å². The summed E-state index contributed by atoms with van der Waals surface area (Å²) in [5.41, 5.74) is 0.917. The molecule has 6 heteroatoms. The highest BCUT2D eigenvalue weighted by molar-refractivity contribution is 5.81. The maximum Gasteiger partial charge on any atom is 0.315 e. The van der Waals surface area contributed by atoms with Crippen LogP contribution in [0.15, 0.2) is 24.3 Å². The lowest BCUT2D eigenvalue weighted by Gasteiger charge is -2.33. The molecule has 6 nitrogen and oxygen atoms in total. The molecule has 0 aromatic heterocycles. The molecule has 1 aromatic carbocycles. The zero-order valence-corrected chi connectivity index (χ0v) is 16.6. The molecular weight excluding hydrogens is 342 g/mol. The molecule has 1 aliphatic carbocycles. The Labute approximate surface area is 161 Å². The second-order valence-electron chi connectivity index (χ2n) is 8.32.